The first kappa shape index (κ1) is 34.3. The summed E-state index contributed by atoms with van der Waals surface area (Å²) in [5.74, 6) is -2.07. The van der Waals surface area contributed by atoms with E-state index in [0.717, 1.165) is 5.56 Å². The number of aromatic nitrogens is 3. The van der Waals surface area contributed by atoms with Crippen LogP contribution in [0.5, 0.6) is 5.75 Å². The summed E-state index contributed by atoms with van der Waals surface area (Å²) in [5.41, 5.74) is 1.27. The van der Waals surface area contributed by atoms with Gasteiger partial charge in [-0.2, -0.15) is 0 Å². The number of nitrogens with zero attached hydrogens (tertiary/aromatic N) is 4. The highest BCUT2D eigenvalue weighted by Crippen LogP contribution is 2.20. The number of likely N-dealkylation sites (N-methyl/N-ethyl adjacent to an activating group) is 1. The van der Waals surface area contributed by atoms with E-state index in [0.29, 0.717) is 37.4 Å². The minimum absolute atomic E-state index is 0.0344. The quantitative estimate of drug-likeness (QED) is 0.289. The van der Waals surface area contributed by atoms with Crippen LogP contribution in [0.25, 0.3) is 0 Å². The van der Waals surface area contributed by atoms with Crippen LogP contribution in [0.2, 0.25) is 0 Å². The van der Waals surface area contributed by atoms with Gasteiger partial charge in [-0.15, -0.1) is 5.10 Å². The number of rotatable bonds is 4. The smallest absolute Gasteiger partial charge is 0.328 e. The van der Waals surface area contributed by atoms with Crippen molar-refractivity contribution in [2.24, 2.45) is 0 Å². The Bertz CT molecular complexity index is 1380. The molecule has 5 atom stereocenters. The number of ether oxygens (including phenoxy) is 3. The van der Waals surface area contributed by atoms with Crippen molar-refractivity contribution in [1.82, 2.24) is 41.2 Å². The third kappa shape index (κ3) is 9.00. The number of carbonyl (C=O) groups is 5. The number of hydrogen-bond donors (Lipinski definition) is 4. The standard InChI is InChI=1S/C30H42N8O8/c1-18(31-3)26(39)34-24-17-45-16-21-15-37(36-35-21)12-13-46-22-9-7-20(8-10-22)14-23(30(43)44-4)33-27(40)19(2)32-28(41)25-6-5-11-38(25)29(24)42/h7-10,15,18-19,23-25,31H,5-6,11-14,16-17H2,1-4H3,(H,32,41)(H,33,40)(H,34,39). The predicted molar refractivity (Wildman–Crippen MR) is 162 cm³/mol. The van der Waals surface area contributed by atoms with Crippen molar-refractivity contribution >= 4 is 29.6 Å². The predicted octanol–water partition coefficient (Wildman–Crippen LogP) is -1.32. The van der Waals surface area contributed by atoms with Crippen molar-refractivity contribution < 1.29 is 38.2 Å². The Labute approximate surface area is 266 Å². The van der Waals surface area contributed by atoms with E-state index in [2.05, 4.69) is 31.6 Å². The zero-order chi connectivity index (χ0) is 33.2. The summed E-state index contributed by atoms with van der Waals surface area (Å²) in [5, 5.41) is 19.1. The molecule has 250 valence electrons. The Kier molecular flexibility index (Phi) is 12.0. The Morgan fingerprint density at radius 1 is 1.11 bits per heavy atom. The molecular formula is C30H42N8O8. The number of carbonyl (C=O) groups excluding carboxylic acids is 5. The maximum atomic E-state index is 13.8. The molecule has 4 N–H and O–H groups in total. The van der Waals surface area contributed by atoms with Crippen LogP contribution in [0.15, 0.2) is 30.5 Å². The molecule has 1 fully saturated rings. The molecule has 5 rings (SSSR count). The molecule has 3 aliphatic heterocycles. The summed E-state index contributed by atoms with van der Waals surface area (Å²) in [6, 6.07) is 2.51. The van der Waals surface area contributed by atoms with Crippen molar-refractivity contribution in [2.75, 3.05) is 33.9 Å². The third-order valence-corrected chi connectivity index (χ3v) is 7.91. The maximum absolute atomic E-state index is 13.8. The van der Waals surface area contributed by atoms with Gasteiger partial charge in [0.1, 0.15) is 42.2 Å². The van der Waals surface area contributed by atoms with E-state index in [9.17, 15) is 24.0 Å². The lowest BCUT2D eigenvalue weighted by atomic mass is 10.1. The van der Waals surface area contributed by atoms with Gasteiger partial charge in [-0.05, 0) is 51.4 Å². The molecule has 0 radical (unpaired) electrons. The van der Waals surface area contributed by atoms with Gasteiger partial charge >= 0.3 is 5.97 Å². The largest absolute Gasteiger partial charge is 0.492 e. The zero-order valence-electron chi connectivity index (χ0n) is 26.5. The molecule has 0 spiro atoms. The van der Waals surface area contributed by atoms with Gasteiger partial charge in [0.05, 0.1) is 39.1 Å². The second-order valence-corrected chi connectivity index (χ2v) is 11.3. The summed E-state index contributed by atoms with van der Waals surface area (Å²) < 4.78 is 18.1. The van der Waals surface area contributed by atoms with E-state index in [-0.39, 0.29) is 26.2 Å². The molecule has 3 aliphatic rings. The van der Waals surface area contributed by atoms with Crippen LogP contribution < -0.4 is 26.0 Å². The molecule has 16 heteroatoms. The van der Waals surface area contributed by atoms with Crippen molar-refractivity contribution in [1.29, 1.82) is 0 Å². The molecular weight excluding hydrogens is 600 g/mol. The average molecular weight is 643 g/mol. The van der Waals surface area contributed by atoms with Gasteiger partial charge in [-0.3, -0.25) is 19.2 Å². The van der Waals surface area contributed by atoms with Crippen molar-refractivity contribution in [3.8, 4) is 5.75 Å². The van der Waals surface area contributed by atoms with Crippen LogP contribution in [-0.2, 0) is 53.0 Å². The normalized spacial score (nSPS) is 24.1. The number of hydrogen-bond acceptors (Lipinski definition) is 11. The van der Waals surface area contributed by atoms with E-state index in [4.69, 9.17) is 14.2 Å². The van der Waals surface area contributed by atoms with Crippen LogP contribution in [0, 0.1) is 0 Å². The van der Waals surface area contributed by atoms with Crippen LogP contribution in [0.4, 0.5) is 0 Å². The molecule has 46 heavy (non-hydrogen) atoms. The maximum Gasteiger partial charge on any atom is 0.328 e. The fourth-order valence-corrected chi connectivity index (χ4v) is 5.12. The Morgan fingerprint density at radius 3 is 2.59 bits per heavy atom. The van der Waals surface area contributed by atoms with E-state index >= 15 is 0 Å². The lowest BCUT2D eigenvalue weighted by molar-refractivity contribution is -0.145. The van der Waals surface area contributed by atoms with Crippen molar-refractivity contribution in [3.63, 3.8) is 0 Å². The summed E-state index contributed by atoms with van der Waals surface area (Å²) >= 11 is 0. The van der Waals surface area contributed by atoms with Gasteiger partial charge in [0, 0.05) is 13.0 Å². The van der Waals surface area contributed by atoms with E-state index < -0.39 is 59.8 Å². The van der Waals surface area contributed by atoms with Crippen molar-refractivity contribution in [3.05, 3.63) is 41.7 Å². The van der Waals surface area contributed by atoms with Crippen LogP contribution in [0.1, 0.15) is 37.9 Å². The molecule has 16 nitrogen and oxygen atoms in total. The average Bonchev–Trinajstić information content (AvgIpc) is 3.73. The third-order valence-electron chi connectivity index (χ3n) is 7.91. The van der Waals surface area contributed by atoms with Gasteiger partial charge in [0.25, 0.3) is 0 Å². The first-order valence-corrected chi connectivity index (χ1v) is 15.2. The topological polar surface area (TPSA) is 195 Å². The molecule has 5 unspecified atom stereocenters. The highest BCUT2D eigenvalue weighted by Gasteiger charge is 2.39. The summed E-state index contributed by atoms with van der Waals surface area (Å²) in [6.07, 6.45) is 2.77. The van der Waals surface area contributed by atoms with E-state index in [1.54, 1.807) is 49.1 Å². The Hall–Kier alpha value is -4.57. The second kappa shape index (κ2) is 16.1. The molecule has 1 saturated heterocycles. The minimum Gasteiger partial charge on any atom is -0.492 e. The van der Waals surface area contributed by atoms with E-state index in [1.807, 2.05) is 0 Å². The summed E-state index contributed by atoms with van der Waals surface area (Å²) in [7, 11) is 2.85. The van der Waals surface area contributed by atoms with Gasteiger partial charge in [0.2, 0.25) is 23.6 Å². The SMILES string of the molecule is CNC(C)C(=O)NC1COCc2cn(nn2)CCOc2ccc(cc2)CC(C(=O)OC)NC(=O)C(C)NC(=O)C2CCCN2C1=O. The monoisotopic (exact) mass is 642 g/mol. The zero-order valence-corrected chi connectivity index (χ0v) is 26.5. The number of nitrogens with one attached hydrogen (secondary N) is 4. The fraction of sp³-hybridized carbons (Fsp3) is 0.567. The van der Waals surface area contributed by atoms with Gasteiger partial charge in [0.15, 0.2) is 0 Å². The van der Waals surface area contributed by atoms with E-state index in [1.165, 1.54) is 18.9 Å². The summed E-state index contributed by atoms with van der Waals surface area (Å²) in [4.78, 5) is 66.9. The first-order valence-electron chi connectivity index (χ1n) is 15.2. The molecule has 4 heterocycles. The number of esters is 1. The molecule has 1 aromatic carbocycles. The first-order chi connectivity index (χ1) is 22.1. The summed E-state index contributed by atoms with van der Waals surface area (Å²) in [6.45, 7) is 3.99. The number of fused-ring (bicyclic) bond motifs is 14. The Balaban J connectivity index is 1.57. The molecule has 0 saturated carbocycles. The number of amides is 4. The number of benzene rings is 1. The fourth-order valence-electron chi connectivity index (χ4n) is 5.12. The Morgan fingerprint density at radius 2 is 1.87 bits per heavy atom. The van der Waals surface area contributed by atoms with Crippen LogP contribution >= 0.6 is 0 Å². The molecule has 1 aromatic heterocycles. The molecule has 0 aliphatic carbocycles. The minimum atomic E-state index is -1.08. The number of methoxy groups -OCH3 is 1. The van der Waals surface area contributed by atoms with Crippen LogP contribution in [-0.4, -0.2) is 114 Å². The molecule has 2 aromatic rings. The molecule has 4 bridgehead atoms. The van der Waals surface area contributed by atoms with Gasteiger partial charge in [-0.25, -0.2) is 9.48 Å². The van der Waals surface area contributed by atoms with Gasteiger partial charge < -0.3 is 40.4 Å². The van der Waals surface area contributed by atoms with Crippen LogP contribution in [0.3, 0.4) is 0 Å². The lowest BCUT2D eigenvalue weighted by Crippen LogP contribution is -2.58. The van der Waals surface area contributed by atoms with Gasteiger partial charge in [-0.1, -0.05) is 17.3 Å². The lowest BCUT2D eigenvalue weighted by Gasteiger charge is -2.30. The second-order valence-electron chi connectivity index (χ2n) is 11.3. The van der Waals surface area contributed by atoms with Crippen molar-refractivity contribution in [2.45, 2.75) is 76.5 Å². The highest BCUT2D eigenvalue weighted by atomic mass is 16.5. The molecule has 4 amide bonds. The highest BCUT2D eigenvalue weighted by molar-refractivity contribution is 5.95.